The molecule has 0 aliphatic carbocycles. The minimum atomic E-state index is -5.33. The standard InChI is InChI=1S/2C18H36O14.Mg/c2*1-2-3-4-5-6-7-8-9-10-11-13(21,22)15(25,26)17(29,30)18(31,32)16(27,28)14(23,24)12(19)20;/h2*21-32H,2-11H2,1H3,(H,19,20);/q;;+2/p-2. The molecule has 0 saturated carbocycles. The Labute approximate surface area is 388 Å². The second kappa shape index (κ2) is 25.6. The topological polar surface area (TPSA) is 566 Å². The summed E-state index contributed by atoms with van der Waals surface area (Å²) >= 11 is 0. The van der Waals surface area contributed by atoms with E-state index in [4.69, 9.17) is 20.4 Å². The van der Waals surface area contributed by atoms with Crippen molar-refractivity contribution in [1.82, 2.24) is 0 Å². The fraction of sp³-hybridized carbons (Fsp3) is 0.944. The molecule has 0 aliphatic rings. The van der Waals surface area contributed by atoms with Crippen molar-refractivity contribution in [1.29, 1.82) is 0 Å². The summed E-state index contributed by atoms with van der Waals surface area (Å²) in [4.78, 5) is 21.3. The molecule has 24 N–H and O–H groups in total. The van der Waals surface area contributed by atoms with E-state index in [1.807, 2.05) is 0 Å². The summed E-state index contributed by atoms with van der Waals surface area (Å²) < 4.78 is 0. The van der Waals surface area contributed by atoms with Crippen molar-refractivity contribution in [2.45, 2.75) is 212 Å². The third-order valence-electron chi connectivity index (χ3n) is 10.8. The number of aliphatic carboxylic acids is 2. The van der Waals surface area contributed by atoms with Crippen LogP contribution in [0.4, 0.5) is 0 Å². The van der Waals surface area contributed by atoms with Gasteiger partial charge in [-0.2, -0.15) is 0 Å². The number of rotatable bonds is 32. The van der Waals surface area contributed by atoms with Gasteiger partial charge in [-0.3, -0.25) is 0 Å². The molecule has 0 spiro atoms. The van der Waals surface area contributed by atoms with Gasteiger partial charge < -0.3 is 142 Å². The van der Waals surface area contributed by atoms with Crippen LogP contribution >= 0.6 is 0 Å². The van der Waals surface area contributed by atoms with Crippen LogP contribution in [0.15, 0.2) is 0 Å². The Hall–Kier alpha value is -1.25. The molecule has 0 aromatic rings. The summed E-state index contributed by atoms with van der Waals surface area (Å²) in [5.41, 5.74) is 0. The molecule has 0 bridgehead atoms. The number of aliphatic hydroxyl groups is 24. The zero-order valence-electron chi connectivity index (χ0n) is 36.2. The Bertz CT molecular complexity index is 1300. The Kier molecular flexibility index (Phi) is 26.7. The number of carbonyl (C=O) groups is 2. The van der Waals surface area contributed by atoms with Gasteiger partial charge in [0.1, 0.15) is 11.9 Å². The maximum Gasteiger partial charge on any atom is 2.00 e. The summed E-state index contributed by atoms with van der Waals surface area (Å²) in [6, 6.07) is 0. The van der Waals surface area contributed by atoms with Crippen LogP contribution in [0.2, 0.25) is 0 Å². The van der Waals surface area contributed by atoms with Crippen molar-refractivity contribution in [2.24, 2.45) is 0 Å². The molecular weight excluding hydrogens is 905 g/mol. The fourth-order valence-corrected chi connectivity index (χ4v) is 6.01. The molecule has 0 fully saturated rings. The van der Waals surface area contributed by atoms with Gasteiger partial charge in [-0.25, -0.2) is 0 Å². The number of hydrogen-bond donors (Lipinski definition) is 24. The Balaban J connectivity index is -0.00000116. The summed E-state index contributed by atoms with van der Waals surface area (Å²) in [5, 5.41) is 253. The minimum absolute atomic E-state index is 0. The van der Waals surface area contributed by atoms with E-state index in [1.165, 1.54) is 0 Å². The molecule has 0 aromatic carbocycles. The van der Waals surface area contributed by atoms with Gasteiger partial charge in [0, 0.05) is 12.8 Å². The molecule has 65 heavy (non-hydrogen) atoms. The molecule has 29 heteroatoms. The molecule has 0 radical (unpaired) electrons. The van der Waals surface area contributed by atoms with Gasteiger partial charge in [0.15, 0.2) is 0 Å². The molecule has 384 valence electrons. The van der Waals surface area contributed by atoms with Crippen LogP contribution in [0.5, 0.6) is 0 Å². The first kappa shape index (κ1) is 68.0. The van der Waals surface area contributed by atoms with Crippen LogP contribution in [0.25, 0.3) is 0 Å². The van der Waals surface area contributed by atoms with Crippen LogP contribution in [0.1, 0.15) is 142 Å². The average molecular weight is 975 g/mol. The largest absolute Gasteiger partial charge is 2.00 e. The van der Waals surface area contributed by atoms with Crippen LogP contribution in [0.3, 0.4) is 0 Å². The Morgan fingerprint density at radius 2 is 0.462 bits per heavy atom. The van der Waals surface area contributed by atoms with Gasteiger partial charge >= 0.3 is 23.1 Å². The van der Waals surface area contributed by atoms with Gasteiger partial charge in [0.25, 0.3) is 57.9 Å². The maximum atomic E-state index is 10.6. The molecule has 0 aliphatic heterocycles. The number of carbonyl (C=O) groups excluding carboxylic acids is 2. The zero-order chi connectivity index (χ0) is 51.3. The van der Waals surface area contributed by atoms with Gasteiger partial charge in [-0.1, -0.05) is 117 Å². The van der Waals surface area contributed by atoms with E-state index in [0.717, 1.165) is 77.0 Å². The number of unbranched alkanes of at least 4 members (excludes halogenated alkanes) is 16. The predicted molar refractivity (Wildman–Crippen MR) is 205 cm³/mol. The van der Waals surface area contributed by atoms with Gasteiger partial charge in [-0.05, 0) is 12.8 Å². The second-order valence-electron chi connectivity index (χ2n) is 16.1. The molecule has 0 heterocycles. The van der Waals surface area contributed by atoms with Crippen molar-refractivity contribution in [2.75, 3.05) is 0 Å². The smallest absolute Gasteiger partial charge is 0.544 e. The fourth-order valence-electron chi connectivity index (χ4n) is 6.01. The van der Waals surface area contributed by atoms with Gasteiger partial charge in [-0.15, -0.1) is 0 Å². The Morgan fingerprint density at radius 3 is 0.646 bits per heavy atom. The van der Waals surface area contributed by atoms with E-state index < -0.39 is 94.2 Å². The van der Waals surface area contributed by atoms with E-state index in [9.17, 15) is 122 Å². The summed E-state index contributed by atoms with van der Waals surface area (Å²) in [7, 11) is 0. The van der Waals surface area contributed by atoms with Crippen molar-refractivity contribution >= 4 is 35.0 Å². The van der Waals surface area contributed by atoms with Gasteiger partial charge in [0.05, 0.1) is 0 Å². The SMILES string of the molecule is CCCCCCCCCCCC(O)(O)C(O)(O)C(O)(O)C(O)(O)C(O)(O)C(O)(O)C(=O)[O-].CCCCCCCCCCCC(O)(O)C(O)(O)C(O)(O)C(O)(O)C(O)(O)C(O)(O)C(=O)[O-].[Mg+2]. The molecule has 0 amide bonds. The molecule has 0 atom stereocenters. The zero-order valence-corrected chi connectivity index (χ0v) is 37.6. The van der Waals surface area contributed by atoms with Crippen LogP contribution in [0, 0.1) is 0 Å². The maximum absolute atomic E-state index is 10.6. The van der Waals surface area contributed by atoms with E-state index >= 15 is 0 Å². The van der Waals surface area contributed by atoms with Gasteiger partial charge in [0.2, 0.25) is 11.6 Å². The molecule has 0 aromatic heterocycles. The first-order valence-corrected chi connectivity index (χ1v) is 20.3. The van der Waals surface area contributed by atoms with E-state index in [2.05, 4.69) is 13.8 Å². The monoisotopic (exact) mass is 974 g/mol. The average Bonchev–Trinajstić information content (AvgIpc) is 3.15. The summed E-state index contributed by atoms with van der Waals surface area (Å²) in [6.45, 7) is 4.13. The first-order valence-electron chi connectivity index (χ1n) is 20.3. The Morgan fingerprint density at radius 1 is 0.292 bits per heavy atom. The molecular formula is C36H70MgO28. The third kappa shape index (κ3) is 14.9. The number of carboxylic acid groups (broad SMARTS) is 2. The van der Waals surface area contributed by atoms with Crippen LogP contribution < -0.4 is 10.2 Å². The van der Waals surface area contributed by atoms with Crippen LogP contribution in [-0.2, 0) is 9.59 Å². The molecule has 0 rings (SSSR count). The number of carboxylic acids is 2. The third-order valence-corrected chi connectivity index (χ3v) is 10.8. The second-order valence-corrected chi connectivity index (χ2v) is 16.1. The first-order chi connectivity index (χ1) is 28.5. The molecule has 28 nitrogen and oxygen atoms in total. The minimum Gasteiger partial charge on any atom is -0.544 e. The van der Waals surface area contributed by atoms with E-state index in [0.29, 0.717) is 25.7 Å². The summed E-state index contributed by atoms with van der Waals surface area (Å²) in [6.07, 6.45) is 11.4. The predicted octanol–water partition coefficient (Wildman–Crippen LogP) is -10.9. The normalized spacial score (nSPS) is 14.4. The van der Waals surface area contributed by atoms with E-state index in [1.54, 1.807) is 0 Å². The van der Waals surface area contributed by atoms with E-state index in [-0.39, 0.29) is 35.9 Å². The van der Waals surface area contributed by atoms with Crippen molar-refractivity contribution in [3.63, 3.8) is 0 Å². The van der Waals surface area contributed by atoms with Crippen LogP contribution in [-0.4, -0.2) is 227 Å². The van der Waals surface area contributed by atoms with Crippen molar-refractivity contribution in [3.05, 3.63) is 0 Å². The van der Waals surface area contributed by atoms with Crippen molar-refractivity contribution in [3.8, 4) is 0 Å². The van der Waals surface area contributed by atoms with Crippen molar-refractivity contribution < 1.29 is 142 Å². The molecule has 0 saturated heterocycles. The summed E-state index contributed by atoms with van der Waals surface area (Å²) in [5.74, 6) is -65.5. The quantitative estimate of drug-likeness (QED) is 0.0169. The molecule has 0 unspecified atom stereocenters. The number of hydrogen-bond acceptors (Lipinski definition) is 28.